The Kier molecular flexibility index (Phi) is 5.09. The number of hydrogen-bond acceptors (Lipinski definition) is 4. The van der Waals surface area contributed by atoms with Gasteiger partial charge in [-0.1, -0.05) is 13.3 Å². The molecule has 1 fully saturated rings. The van der Waals surface area contributed by atoms with Crippen molar-refractivity contribution in [2.75, 3.05) is 5.75 Å². The van der Waals surface area contributed by atoms with Crippen LogP contribution in [0.15, 0.2) is 11.4 Å². The number of carboxylic acids is 1. The second-order valence-electron chi connectivity index (χ2n) is 4.52. The first-order valence-corrected chi connectivity index (χ1v) is 8.29. The van der Waals surface area contributed by atoms with Crippen LogP contribution in [0.4, 0.5) is 0 Å². The van der Waals surface area contributed by atoms with Crippen molar-refractivity contribution < 1.29 is 9.90 Å². The topological polar surface area (TPSA) is 49.3 Å². The normalized spacial score (nSPS) is 23.4. The second kappa shape index (κ2) is 6.59. The SMILES string of the molecule is CCSC1CCCC1NCc1cc(C(=O)O)cs1. The lowest BCUT2D eigenvalue weighted by Crippen LogP contribution is -2.33. The van der Waals surface area contributed by atoms with Gasteiger partial charge in [-0.05, 0) is 24.7 Å². The van der Waals surface area contributed by atoms with Gasteiger partial charge in [0.25, 0.3) is 0 Å². The molecule has 0 spiro atoms. The maximum absolute atomic E-state index is 10.8. The maximum atomic E-state index is 10.8. The second-order valence-corrected chi connectivity index (χ2v) is 7.03. The van der Waals surface area contributed by atoms with Gasteiger partial charge >= 0.3 is 5.97 Å². The fraction of sp³-hybridized carbons (Fsp3) is 0.615. The van der Waals surface area contributed by atoms with Gasteiger partial charge in [0.15, 0.2) is 0 Å². The molecule has 0 saturated heterocycles. The van der Waals surface area contributed by atoms with E-state index in [0.717, 1.165) is 16.7 Å². The van der Waals surface area contributed by atoms with Gasteiger partial charge in [0, 0.05) is 28.1 Å². The molecule has 1 aromatic heterocycles. The van der Waals surface area contributed by atoms with E-state index in [2.05, 4.69) is 12.2 Å². The molecule has 5 heteroatoms. The van der Waals surface area contributed by atoms with Crippen molar-refractivity contribution in [3.63, 3.8) is 0 Å². The van der Waals surface area contributed by atoms with E-state index in [1.165, 1.54) is 36.4 Å². The van der Waals surface area contributed by atoms with Gasteiger partial charge in [-0.3, -0.25) is 0 Å². The molecule has 18 heavy (non-hydrogen) atoms. The van der Waals surface area contributed by atoms with E-state index in [1.807, 2.05) is 11.8 Å². The van der Waals surface area contributed by atoms with E-state index in [9.17, 15) is 4.79 Å². The van der Waals surface area contributed by atoms with Crippen molar-refractivity contribution in [3.8, 4) is 0 Å². The van der Waals surface area contributed by atoms with Gasteiger partial charge in [-0.25, -0.2) is 4.79 Å². The third kappa shape index (κ3) is 3.49. The van der Waals surface area contributed by atoms with Crippen LogP contribution in [-0.2, 0) is 6.54 Å². The fourth-order valence-corrected chi connectivity index (χ4v) is 4.43. The summed E-state index contributed by atoms with van der Waals surface area (Å²) in [6.07, 6.45) is 3.86. The van der Waals surface area contributed by atoms with E-state index in [-0.39, 0.29) is 0 Å². The Bertz CT molecular complexity index is 405. The van der Waals surface area contributed by atoms with Crippen molar-refractivity contribution in [1.29, 1.82) is 0 Å². The lowest BCUT2D eigenvalue weighted by molar-refractivity contribution is 0.0697. The fourth-order valence-electron chi connectivity index (χ4n) is 2.39. The molecule has 2 rings (SSSR count). The average Bonchev–Trinajstić information content (AvgIpc) is 2.95. The summed E-state index contributed by atoms with van der Waals surface area (Å²) in [5.74, 6) is 0.336. The summed E-state index contributed by atoms with van der Waals surface area (Å²) in [4.78, 5) is 11.9. The average molecular weight is 285 g/mol. The molecule has 0 aliphatic heterocycles. The molecule has 1 aromatic rings. The first-order valence-electron chi connectivity index (χ1n) is 6.36. The molecule has 1 saturated carbocycles. The summed E-state index contributed by atoms with van der Waals surface area (Å²) in [7, 11) is 0. The molecule has 0 radical (unpaired) electrons. The quantitative estimate of drug-likeness (QED) is 0.842. The highest BCUT2D eigenvalue weighted by Gasteiger charge is 2.26. The number of carboxylic acid groups (broad SMARTS) is 1. The van der Waals surface area contributed by atoms with Crippen molar-refractivity contribution in [3.05, 3.63) is 21.9 Å². The van der Waals surface area contributed by atoms with Crippen LogP contribution in [0.2, 0.25) is 0 Å². The van der Waals surface area contributed by atoms with Gasteiger partial charge in [0.05, 0.1) is 5.56 Å². The molecule has 1 aliphatic carbocycles. The number of carbonyl (C=O) groups is 1. The highest BCUT2D eigenvalue weighted by atomic mass is 32.2. The Balaban J connectivity index is 1.84. The van der Waals surface area contributed by atoms with Crippen LogP contribution >= 0.6 is 23.1 Å². The Morgan fingerprint density at radius 2 is 2.44 bits per heavy atom. The molecule has 1 heterocycles. The highest BCUT2D eigenvalue weighted by Crippen LogP contribution is 2.30. The highest BCUT2D eigenvalue weighted by molar-refractivity contribution is 7.99. The number of aromatic carboxylic acids is 1. The van der Waals surface area contributed by atoms with Crippen LogP contribution in [0.1, 0.15) is 41.4 Å². The minimum atomic E-state index is -0.835. The Hall–Kier alpha value is -0.520. The number of thioether (sulfide) groups is 1. The number of nitrogens with one attached hydrogen (secondary N) is 1. The van der Waals surface area contributed by atoms with Gasteiger partial charge in [-0.15, -0.1) is 11.3 Å². The van der Waals surface area contributed by atoms with Crippen molar-refractivity contribution in [2.45, 2.75) is 44.0 Å². The van der Waals surface area contributed by atoms with Gasteiger partial charge in [0.1, 0.15) is 0 Å². The Morgan fingerprint density at radius 1 is 1.61 bits per heavy atom. The molecule has 0 amide bonds. The van der Waals surface area contributed by atoms with E-state index < -0.39 is 5.97 Å². The summed E-state index contributed by atoms with van der Waals surface area (Å²) in [6, 6.07) is 2.36. The first kappa shape index (κ1) is 13.9. The van der Waals surface area contributed by atoms with Gasteiger partial charge in [0.2, 0.25) is 0 Å². The number of rotatable bonds is 6. The predicted molar refractivity (Wildman–Crippen MR) is 77.7 cm³/mol. The van der Waals surface area contributed by atoms with Crippen LogP contribution < -0.4 is 5.32 Å². The molecule has 0 bridgehead atoms. The van der Waals surface area contributed by atoms with Crippen LogP contribution in [0.25, 0.3) is 0 Å². The largest absolute Gasteiger partial charge is 0.478 e. The summed E-state index contributed by atoms with van der Waals surface area (Å²) >= 11 is 3.56. The molecule has 2 atom stereocenters. The van der Waals surface area contributed by atoms with E-state index in [0.29, 0.717) is 11.6 Å². The summed E-state index contributed by atoms with van der Waals surface area (Å²) in [5.41, 5.74) is 0.405. The van der Waals surface area contributed by atoms with E-state index >= 15 is 0 Å². The molecular weight excluding hydrogens is 266 g/mol. The summed E-state index contributed by atoms with van der Waals surface area (Å²) < 4.78 is 0. The van der Waals surface area contributed by atoms with Crippen LogP contribution in [-0.4, -0.2) is 28.1 Å². The van der Waals surface area contributed by atoms with Crippen LogP contribution in [0, 0.1) is 0 Å². The van der Waals surface area contributed by atoms with Gasteiger partial charge in [-0.2, -0.15) is 11.8 Å². The Morgan fingerprint density at radius 3 is 3.11 bits per heavy atom. The molecule has 0 aromatic carbocycles. The third-order valence-corrected chi connectivity index (χ3v) is 5.53. The van der Waals surface area contributed by atoms with Crippen molar-refractivity contribution >= 4 is 29.1 Å². The van der Waals surface area contributed by atoms with Crippen LogP contribution in [0.3, 0.4) is 0 Å². The maximum Gasteiger partial charge on any atom is 0.336 e. The van der Waals surface area contributed by atoms with Crippen molar-refractivity contribution in [1.82, 2.24) is 5.32 Å². The van der Waals surface area contributed by atoms with Crippen molar-refractivity contribution in [2.24, 2.45) is 0 Å². The van der Waals surface area contributed by atoms with Gasteiger partial charge < -0.3 is 10.4 Å². The minimum Gasteiger partial charge on any atom is -0.478 e. The molecule has 2 unspecified atom stereocenters. The Labute approximate surface area is 116 Å². The lowest BCUT2D eigenvalue weighted by Gasteiger charge is -2.19. The minimum absolute atomic E-state index is 0.405. The monoisotopic (exact) mass is 285 g/mol. The zero-order valence-corrected chi connectivity index (χ0v) is 12.1. The molecule has 1 aliphatic rings. The lowest BCUT2D eigenvalue weighted by atomic mass is 10.2. The summed E-state index contributed by atoms with van der Waals surface area (Å²) in [5, 5.41) is 14.9. The first-order chi connectivity index (χ1) is 8.70. The molecular formula is C13H19NO2S2. The summed E-state index contributed by atoms with van der Waals surface area (Å²) in [6.45, 7) is 3.00. The predicted octanol–water partition coefficient (Wildman–Crippen LogP) is 3.21. The van der Waals surface area contributed by atoms with Crippen LogP contribution in [0.5, 0.6) is 0 Å². The smallest absolute Gasteiger partial charge is 0.336 e. The van der Waals surface area contributed by atoms with E-state index in [1.54, 1.807) is 11.4 Å². The third-order valence-electron chi connectivity index (χ3n) is 3.27. The molecule has 2 N–H and O–H groups in total. The molecule has 3 nitrogen and oxygen atoms in total. The zero-order valence-electron chi connectivity index (χ0n) is 10.5. The number of hydrogen-bond donors (Lipinski definition) is 2. The zero-order chi connectivity index (χ0) is 13.0. The molecule has 100 valence electrons. The number of thiophene rings is 1. The van der Waals surface area contributed by atoms with E-state index in [4.69, 9.17) is 5.11 Å². The standard InChI is InChI=1S/C13H19NO2S2/c1-2-17-12-5-3-4-11(12)14-7-10-6-9(8-18-10)13(15)16/h6,8,11-12,14H,2-5,7H2,1H3,(H,15,16).